The number of amides is 1. The minimum atomic E-state index is -0.838. The highest BCUT2D eigenvalue weighted by Gasteiger charge is 2.46. The smallest absolute Gasteiger partial charge is 0.295 e. The van der Waals surface area contributed by atoms with E-state index in [0.717, 1.165) is 0 Å². The van der Waals surface area contributed by atoms with Crippen LogP contribution in [0.15, 0.2) is 35.9 Å². The van der Waals surface area contributed by atoms with Crippen molar-refractivity contribution >= 4 is 29.1 Å². The number of halogens is 1. The lowest BCUT2D eigenvalue weighted by Crippen LogP contribution is -2.30. The van der Waals surface area contributed by atoms with Gasteiger partial charge in [0.2, 0.25) is 0 Å². The van der Waals surface area contributed by atoms with Crippen LogP contribution in [0.2, 0.25) is 5.02 Å². The SMILES string of the molecule is CCCN1C(=O)C(=O)/C(=C(/O)c2cc(Cl)c(OC)cc2OC)C1c1ccc(OC)c(OC)c1. The molecule has 1 atom stereocenters. The average Bonchev–Trinajstić information content (AvgIpc) is 3.08. The number of benzene rings is 2. The van der Waals surface area contributed by atoms with E-state index in [1.807, 2.05) is 6.92 Å². The van der Waals surface area contributed by atoms with Crippen LogP contribution in [-0.2, 0) is 9.59 Å². The Kier molecular flexibility index (Phi) is 7.38. The summed E-state index contributed by atoms with van der Waals surface area (Å²) >= 11 is 6.27. The molecule has 1 unspecified atom stereocenters. The number of hydrogen-bond donors (Lipinski definition) is 1. The number of aliphatic hydroxyl groups is 1. The van der Waals surface area contributed by atoms with Crippen LogP contribution in [0.25, 0.3) is 5.76 Å². The zero-order valence-corrected chi connectivity index (χ0v) is 19.9. The van der Waals surface area contributed by atoms with Crippen molar-refractivity contribution in [2.75, 3.05) is 35.0 Å². The Morgan fingerprint density at radius 2 is 1.58 bits per heavy atom. The summed E-state index contributed by atoms with van der Waals surface area (Å²) in [6.07, 6.45) is 0.620. The molecule has 1 amide bonds. The van der Waals surface area contributed by atoms with Gasteiger partial charge in [-0.05, 0) is 30.2 Å². The number of nitrogens with zero attached hydrogens (tertiary/aromatic N) is 1. The van der Waals surface area contributed by atoms with Crippen LogP contribution < -0.4 is 18.9 Å². The van der Waals surface area contributed by atoms with Gasteiger partial charge in [-0.25, -0.2) is 0 Å². The van der Waals surface area contributed by atoms with E-state index in [9.17, 15) is 14.7 Å². The molecule has 0 aromatic heterocycles. The molecule has 1 aliphatic heterocycles. The van der Waals surface area contributed by atoms with Gasteiger partial charge < -0.3 is 29.0 Å². The first-order chi connectivity index (χ1) is 15.8. The maximum atomic E-state index is 13.1. The Labute approximate surface area is 197 Å². The van der Waals surface area contributed by atoms with Gasteiger partial charge in [-0.2, -0.15) is 0 Å². The number of Topliss-reactive ketones (excluding diaryl/α,β-unsaturated/α-hetero) is 1. The number of carbonyl (C=O) groups excluding carboxylic acids is 2. The van der Waals surface area contributed by atoms with Crippen LogP contribution in [0.4, 0.5) is 0 Å². The minimum absolute atomic E-state index is 0.0693. The molecule has 8 nitrogen and oxygen atoms in total. The quantitative estimate of drug-likeness (QED) is 0.347. The maximum Gasteiger partial charge on any atom is 0.295 e. The normalized spacial score (nSPS) is 17.3. The Hall–Kier alpha value is -3.39. The Morgan fingerprint density at radius 1 is 0.939 bits per heavy atom. The van der Waals surface area contributed by atoms with Crippen molar-refractivity contribution in [1.82, 2.24) is 4.90 Å². The van der Waals surface area contributed by atoms with Crippen molar-refractivity contribution in [2.45, 2.75) is 19.4 Å². The van der Waals surface area contributed by atoms with Gasteiger partial charge in [0.05, 0.1) is 50.6 Å². The first-order valence-electron chi connectivity index (χ1n) is 10.2. The van der Waals surface area contributed by atoms with Crippen LogP contribution in [0.3, 0.4) is 0 Å². The fraction of sp³-hybridized carbons (Fsp3) is 0.333. The van der Waals surface area contributed by atoms with Crippen molar-refractivity contribution in [3.05, 3.63) is 52.1 Å². The van der Waals surface area contributed by atoms with E-state index in [4.69, 9.17) is 30.5 Å². The van der Waals surface area contributed by atoms with Gasteiger partial charge >= 0.3 is 0 Å². The molecule has 176 valence electrons. The molecule has 0 aliphatic carbocycles. The topological polar surface area (TPSA) is 94.5 Å². The number of methoxy groups -OCH3 is 4. The number of ketones is 1. The van der Waals surface area contributed by atoms with Crippen molar-refractivity contribution in [3.8, 4) is 23.0 Å². The molecule has 0 radical (unpaired) electrons. The van der Waals surface area contributed by atoms with Gasteiger partial charge in [0, 0.05) is 12.6 Å². The average molecular weight is 476 g/mol. The zero-order chi connectivity index (χ0) is 24.3. The number of aliphatic hydroxyl groups excluding tert-OH is 1. The molecule has 0 spiro atoms. The van der Waals surface area contributed by atoms with Gasteiger partial charge in [-0.1, -0.05) is 24.6 Å². The standard InChI is InChI=1S/C24H26ClNO7/c1-6-9-26-21(13-7-8-16(30-2)19(10-13)33-5)20(23(28)24(26)29)22(27)14-11-15(25)18(32-4)12-17(14)31-3/h7-8,10-12,21,27H,6,9H2,1-5H3/b22-20+. The fourth-order valence-electron chi connectivity index (χ4n) is 3.91. The number of rotatable bonds is 8. The third kappa shape index (κ3) is 4.30. The third-order valence-corrected chi connectivity index (χ3v) is 5.75. The van der Waals surface area contributed by atoms with Gasteiger partial charge in [0.1, 0.15) is 17.3 Å². The van der Waals surface area contributed by atoms with Crippen molar-refractivity contribution in [2.24, 2.45) is 0 Å². The van der Waals surface area contributed by atoms with Crippen molar-refractivity contribution in [1.29, 1.82) is 0 Å². The molecule has 2 aromatic rings. The van der Waals surface area contributed by atoms with Crippen molar-refractivity contribution < 1.29 is 33.6 Å². The highest BCUT2D eigenvalue weighted by molar-refractivity contribution is 6.46. The van der Waals surface area contributed by atoms with Crippen LogP contribution in [0.1, 0.15) is 30.5 Å². The fourth-order valence-corrected chi connectivity index (χ4v) is 4.15. The lowest BCUT2D eigenvalue weighted by molar-refractivity contribution is -0.139. The highest BCUT2D eigenvalue weighted by atomic mass is 35.5. The summed E-state index contributed by atoms with van der Waals surface area (Å²) in [6.45, 7) is 2.22. The molecule has 1 heterocycles. The van der Waals surface area contributed by atoms with E-state index in [1.54, 1.807) is 18.2 Å². The summed E-state index contributed by atoms with van der Waals surface area (Å²) < 4.78 is 21.3. The number of ether oxygens (including phenoxy) is 4. The van der Waals surface area contributed by atoms with Crippen LogP contribution in [0.5, 0.6) is 23.0 Å². The number of hydrogen-bond acceptors (Lipinski definition) is 7. The highest BCUT2D eigenvalue weighted by Crippen LogP contribution is 2.44. The van der Waals surface area contributed by atoms with Crippen molar-refractivity contribution in [3.63, 3.8) is 0 Å². The predicted molar refractivity (Wildman–Crippen MR) is 123 cm³/mol. The molecule has 0 bridgehead atoms. The molecule has 9 heteroatoms. The molecule has 1 N–H and O–H groups in total. The van der Waals surface area contributed by atoms with E-state index in [1.165, 1.54) is 45.5 Å². The van der Waals surface area contributed by atoms with Crippen LogP contribution in [0, 0.1) is 0 Å². The number of carbonyl (C=O) groups is 2. The minimum Gasteiger partial charge on any atom is -0.507 e. The Balaban J connectivity index is 2.28. The summed E-state index contributed by atoms with van der Waals surface area (Å²) in [4.78, 5) is 27.5. The second kappa shape index (κ2) is 10.0. The third-order valence-electron chi connectivity index (χ3n) is 5.46. The molecule has 1 aliphatic rings. The number of likely N-dealkylation sites (tertiary alicyclic amines) is 1. The second-order valence-electron chi connectivity index (χ2n) is 7.29. The van der Waals surface area contributed by atoms with Gasteiger partial charge in [-0.15, -0.1) is 0 Å². The molecule has 33 heavy (non-hydrogen) atoms. The summed E-state index contributed by atoms with van der Waals surface area (Å²) in [6, 6.07) is 7.20. The van der Waals surface area contributed by atoms with Gasteiger partial charge in [-0.3, -0.25) is 9.59 Å². The van der Waals surface area contributed by atoms with E-state index in [-0.39, 0.29) is 21.9 Å². The van der Waals surface area contributed by atoms with E-state index in [2.05, 4.69) is 0 Å². The second-order valence-corrected chi connectivity index (χ2v) is 7.70. The summed E-state index contributed by atoms with van der Waals surface area (Å²) in [5.41, 5.74) is 0.684. The lowest BCUT2D eigenvalue weighted by atomic mass is 9.94. The van der Waals surface area contributed by atoms with E-state index < -0.39 is 23.5 Å². The molecular weight excluding hydrogens is 450 g/mol. The van der Waals surface area contributed by atoms with Gasteiger partial charge in [0.15, 0.2) is 11.5 Å². The van der Waals surface area contributed by atoms with E-state index in [0.29, 0.717) is 35.8 Å². The molecule has 3 rings (SSSR count). The monoisotopic (exact) mass is 475 g/mol. The summed E-state index contributed by atoms with van der Waals surface area (Å²) in [5, 5.41) is 11.5. The van der Waals surface area contributed by atoms with Gasteiger partial charge in [0.25, 0.3) is 11.7 Å². The predicted octanol–water partition coefficient (Wildman–Crippen LogP) is 4.21. The van der Waals surface area contributed by atoms with Crippen LogP contribution in [-0.4, -0.2) is 56.7 Å². The lowest BCUT2D eigenvalue weighted by Gasteiger charge is -2.25. The molecule has 1 fully saturated rings. The van der Waals surface area contributed by atoms with Crippen LogP contribution >= 0.6 is 11.6 Å². The molecule has 1 saturated heterocycles. The molecular formula is C24H26ClNO7. The maximum absolute atomic E-state index is 13.1. The molecule has 2 aromatic carbocycles. The first-order valence-corrected chi connectivity index (χ1v) is 10.6. The first kappa shape index (κ1) is 24.3. The van der Waals surface area contributed by atoms with E-state index >= 15 is 0 Å². The summed E-state index contributed by atoms with van der Waals surface area (Å²) in [7, 11) is 5.88. The zero-order valence-electron chi connectivity index (χ0n) is 19.1. The Bertz CT molecular complexity index is 1110. The largest absolute Gasteiger partial charge is 0.507 e. The summed E-state index contributed by atoms with van der Waals surface area (Å²) in [5.74, 6) is -0.381. The molecule has 0 saturated carbocycles. The Morgan fingerprint density at radius 3 is 2.15 bits per heavy atom.